The summed E-state index contributed by atoms with van der Waals surface area (Å²) >= 11 is 0. The van der Waals surface area contributed by atoms with E-state index in [4.69, 9.17) is 19.9 Å². The zero-order chi connectivity index (χ0) is 16.4. The molecule has 0 radical (unpaired) electrons. The van der Waals surface area contributed by atoms with E-state index in [1.807, 2.05) is 11.8 Å². The minimum absolute atomic E-state index is 0. The molecule has 7 heteroatoms. The van der Waals surface area contributed by atoms with Crippen molar-refractivity contribution >= 4 is 18.3 Å². The summed E-state index contributed by atoms with van der Waals surface area (Å²) in [4.78, 5) is 14.7. The number of hydrogen-bond donors (Lipinski definition) is 1. The van der Waals surface area contributed by atoms with Crippen molar-refractivity contribution in [2.75, 3.05) is 33.4 Å². The van der Waals surface area contributed by atoms with Crippen LogP contribution in [0.2, 0.25) is 0 Å². The van der Waals surface area contributed by atoms with Gasteiger partial charge in [-0.3, -0.25) is 4.79 Å². The van der Waals surface area contributed by atoms with Crippen LogP contribution in [-0.2, 0) is 0 Å². The third-order valence-corrected chi connectivity index (χ3v) is 4.56. The van der Waals surface area contributed by atoms with Gasteiger partial charge in [0.15, 0.2) is 11.5 Å². The van der Waals surface area contributed by atoms with Crippen LogP contribution in [-0.4, -0.2) is 50.3 Å². The molecule has 1 aromatic carbocycles. The van der Waals surface area contributed by atoms with Crippen LogP contribution in [0.1, 0.15) is 30.1 Å². The molecule has 1 fully saturated rings. The highest BCUT2D eigenvalue weighted by atomic mass is 35.5. The van der Waals surface area contributed by atoms with Crippen molar-refractivity contribution in [1.29, 1.82) is 0 Å². The fourth-order valence-corrected chi connectivity index (χ4v) is 3.20. The van der Waals surface area contributed by atoms with Gasteiger partial charge in [-0.15, -0.1) is 12.4 Å². The first-order valence-corrected chi connectivity index (χ1v) is 8.12. The van der Waals surface area contributed by atoms with Gasteiger partial charge in [-0.05, 0) is 37.8 Å². The van der Waals surface area contributed by atoms with Gasteiger partial charge in [0.25, 0.3) is 5.91 Å². The highest BCUT2D eigenvalue weighted by molar-refractivity contribution is 5.95. The van der Waals surface area contributed by atoms with E-state index in [1.165, 1.54) is 0 Å². The normalized spacial score (nSPS) is 20.8. The van der Waals surface area contributed by atoms with Crippen molar-refractivity contribution in [3.8, 4) is 17.2 Å². The maximum absolute atomic E-state index is 12.9. The Morgan fingerprint density at radius 2 is 2.12 bits per heavy atom. The van der Waals surface area contributed by atoms with Crippen LogP contribution in [0, 0.1) is 5.92 Å². The van der Waals surface area contributed by atoms with Gasteiger partial charge in [-0.25, -0.2) is 0 Å². The number of rotatable bonds is 3. The number of ether oxygens (including phenoxy) is 3. The van der Waals surface area contributed by atoms with Crippen molar-refractivity contribution in [3.05, 3.63) is 17.7 Å². The zero-order valence-corrected chi connectivity index (χ0v) is 14.9. The summed E-state index contributed by atoms with van der Waals surface area (Å²) in [6.07, 6.45) is 2.06. The monoisotopic (exact) mass is 356 g/mol. The Hall–Kier alpha value is -1.66. The van der Waals surface area contributed by atoms with Gasteiger partial charge in [0.2, 0.25) is 5.75 Å². The Balaban J connectivity index is 0.00000208. The number of amides is 1. The molecule has 2 N–H and O–H groups in total. The van der Waals surface area contributed by atoms with Crippen molar-refractivity contribution in [2.24, 2.45) is 11.7 Å². The lowest BCUT2D eigenvalue weighted by Crippen LogP contribution is -2.45. The van der Waals surface area contributed by atoms with Crippen LogP contribution >= 0.6 is 12.4 Å². The van der Waals surface area contributed by atoms with Gasteiger partial charge in [0.1, 0.15) is 13.2 Å². The van der Waals surface area contributed by atoms with E-state index >= 15 is 0 Å². The lowest BCUT2D eigenvalue weighted by Gasteiger charge is -2.35. The Morgan fingerprint density at radius 3 is 2.83 bits per heavy atom. The summed E-state index contributed by atoms with van der Waals surface area (Å²) in [6.45, 7) is 4.43. The maximum Gasteiger partial charge on any atom is 0.254 e. The minimum atomic E-state index is -0.00868. The van der Waals surface area contributed by atoms with Crippen molar-refractivity contribution < 1.29 is 19.0 Å². The van der Waals surface area contributed by atoms with Gasteiger partial charge < -0.3 is 24.8 Å². The number of carbonyl (C=O) groups excluding carboxylic acids is 1. The van der Waals surface area contributed by atoms with Crippen molar-refractivity contribution in [2.45, 2.75) is 25.8 Å². The van der Waals surface area contributed by atoms with Gasteiger partial charge in [-0.1, -0.05) is 0 Å². The number of nitrogens with two attached hydrogens (primary N) is 1. The Morgan fingerprint density at radius 1 is 1.38 bits per heavy atom. The smallest absolute Gasteiger partial charge is 0.254 e. The zero-order valence-electron chi connectivity index (χ0n) is 14.1. The van der Waals surface area contributed by atoms with Crippen LogP contribution in [0.4, 0.5) is 0 Å². The number of likely N-dealkylation sites (tertiary alicyclic amines) is 1. The first-order chi connectivity index (χ1) is 11.1. The summed E-state index contributed by atoms with van der Waals surface area (Å²) in [7, 11) is 1.56. The van der Waals surface area contributed by atoms with Crippen LogP contribution in [0.3, 0.4) is 0 Å². The van der Waals surface area contributed by atoms with Crippen LogP contribution in [0.15, 0.2) is 12.1 Å². The molecule has 134 valence electrons. The Bertz CT molecular complexity index is 577. The highest BCUT2D eigenvalue weighted by Crippen LogP contribution is 2.40. The van der Waals surface area contributed by atoms with E-state index in [2.05, 4.69) is 0 Å². The second-order valence-electron chi connectivity index (χ2n) is 6.22. The molecule has 2 aliphatic heterocycles. The number of hydrogen-bond acceptors (Lipinski definition) is 5. The minimum Gasteiger partial charge on any atom is -0.493 e. The third kappa shape index (κ3) is 3.70. The molecule has 0 bridgehead atoms. The number of carbonyl (C=O) groups is 1. The number of methoxy groups -OCH3 is 1. The topological polar surface area (TPSA) is 74.0 Å². The second kappa shape index (κ2) is 7.94. The number of nitrogens with zero attached hydrogens (tertiary/aromatic N) is 1. The number of fused-ring (bicyclic) bond motifs is 1. The average Bonchev–Trinajstić information content (AvgIpc) is 2.60. The van der Waals surface area contributed by atoms with Gasteiger partial charge in [-0.2, -0.15) is 0 Å². The molecule has 1 amide bonds. The van der Waals surface area contributed by atoms with Crippen LogP contribution in [0.5, 0.6) is 17.2 Å². The molecule has 2 heterocycles. The molecule has 2 unspecified atom stereocenters. The first kappa shape index (κ1) is 18.7. The molecule has 0 spiro atoms. The predicted molar refractivity (Wildman–Crippen MR) is 93.5 cm³/mol. The molecule has 24 heavy (non-hydrogen) atoms. The van der Waals surface area contributed by atoms with E-state index in [0.717, 1.165) is 19.4 Å². The fraction of sp³-hybridized carbons (Fsp3) is 0.588. The fourth-order valence-electron chi connectivity index (χ4n) is 3.20. The molecule has 3 rings (SSSR count). The average molecular weight is 357 g/mol. The van der Waals surface area contributed by atoms with Gasteiger partial charge >= 0.3 is 0 Å². The summed E-state index contributed by atoms with van der Waals surface area (Å²) < 4.78 is 16.5. The second-order valence-corrected chi connectivity index (χ2v) is 6.22. The summed E-state index contributed by atoms with van der Waals surface area (Å²) in [6, 6.07) is 3.57. The standard InChI is InChI=1S/C17H24N2O4.ClH/c1-11(18)12-4-3-5-19(10-12)17(20)13-8-14(21-2)16-15(9-13)22-6-7-23-16;/h8-9,11-12H,3-7,10,18H2,1-2H3;1H. The molecule has 1 aromatic rings. The lowest BCUT2D eigenvalue weighted by molar-refractivity contribution is 0.0659. The van der Waals surface area contributed by atoms with E-state index in [9.17, 15) is 4.79 Å². The van der Waals surface area contributed by atoms with Crippen molar-refractivity contribution in [3.63, 3.8) is 0 Å². The Kier molecular flexibility index (Phi) is 6.18. The molecular weight excluding hydrogens is 332 g/mol. The lowest BCUT2D eigenvalue weighted by atomic mass is 9.92. The molecule has 0 aliphatic carbocycles. The number of benzene rings is 1. The molecule has 1 saturated heterocycles. The molecular formula is C17H25ClN2O4. The molecule has 0 aromatic heterocycles. The van der Waals surface area contributed by atoms with E-state index in [1.54, 1.807) is 19.2 Å². The molecule has 0 saturated carbocycles. The summed E-state index contributed by atoms with van der Waals surface area (Å²) in [5.41, 5.74) is 6.58. The van der Waals surface area contributed by atoms with Gasteiger partial charge in [0.05, 0.1) is 7.11 Å². The van der Waals surface area contributed by atoms with E-state index in [0.29, 0.717) is 48.5 Å². The third-order valence-electron chi connectivity index (χ3n) is 4.56. The van der Waals surface area contributed by atoms with E-state index < -0.39 is 0 Å². The first-order valence-electron chi connectivity index (χ1n) is 8.12. The molecule has 2 atom stereocenters. The number of halogens is 1. The predicted octanol–water partition coefficient (Wildman–Crippen LogP) is 2.09. The SMILES string of the molecule is COc1cc(C(=O)N2CCCC(C(C)N)C2)cc2c1OCCO2.Cl. The Labute approximate surface area is 148 Å². The van der Waals surface area contributed by atoms with E-state index in [-0.39, 0.29) is 24.4 Å². The number of piperidine rings is 1. The summed E-state index contributed by atoms with van der Waals surface area (Å²) in [5, 5.41) is 0. The van der Waals surface area contributed by atoms with Gasteiger partial charge in [0, 0.05) is 24.7 Å². The molecule has 2 aliphatic rings. The molecule has 6 nitrogen and oxygen atoms in total. The van der Waals surface area contributed by atoms with Crippen molar-refractivity contribution in [1.82, 2.24) is 4.90 Å². The maximum atomic E-state index is 12.9. The van der Waals surface area contributed by atoms with Crippen LogP contribution in [0.25, 0.3) is 0 Å². The summed E-state index contributed by atoms with van der Waals surface area (Å²) in [5.74, 6) is 2.02. The van der Waals surface area contributed by atoms with Crippen LogP contribution < -0.4 is 19.9 Å². The highest BCUT2D eigenvalue weighted by Gasteiger charge is 2.28. The largest absolute Gasteiger partial charge is 0.493 e. The quantitative estimate of drug-likeness (QED) is 0.897.